The lowest BCUT2D eigenvalue weighted by Gasteiger charge is -2.15. The van der Waals surface area contributed by atoms with Crippen LogP contribution in [0.5, 0.6) is 0 Å². The van der Waals surface area contributed by atoms with E-state index in [1.807, 2.05) is 18.4 Å². The maximum atomic E-state index is 12.4. The van der Waals surface area contributed by atoms with Crippen molar-refractivity contribution in [2.45, 2.75) is 32.4 Å². The number of nitrogens with one attached hydrogen (secondary N) is 1. The van der Waals surface area contributed by atoms with Crippen molar-refractivity contribution in [2.24, 2.45) is 7.05 Å². The van der Waals surface area contributed by atoms with Crippen molar-refractivity contribution < 1.29 is 0 Å². The summed E-state index contributed by atoms with van der Waals surface area (Å²) in [6, 6.07) is 0.188. The van der Waals surface area contributed by atoms with E-state index in [0.29, 0.717) is 11.2 Å². The van der Waals surface area contributed by atoms with Crippen molar-refractivity contribution in [3.8, 4) is 0 Å². The summed E-state index contributed by atoms with van der Waals surface area (Å²) in [5, 5.41) is 3.28. The summed E-state index contributed by atoms with van der Waals surface area (Å²) in [6.07, 6.45) is 2.65. The fourth-order valence-corrected chi connectivity index (χ4v) is 2.85. The molecule has 108 valence electrons. The molecule has 1 atom stereocenters. The molecular weight excluding hydrogens is 258 g/mol. The maximum absolute atomic E-state index is 12.4. The molecule has 0 saturated carbocycles. The van der Waals surface area contributed by atoms with Gasteiger partial charge in [0, 0.05) is 25.7 Å². The van der Waals surface area contributed by atoms with Crippen LogP contribution in [0.3, 0.4) is 0 Å². The summed E-state index contributed by atoms with van der Waals surface area (Å²) in [5.74, 6) is 0. The van der Waals surface area contributed by atoms with E-state index >= 15 is 0 Å². The van der Waals surface area contributed by atoms with Crippen LogP contribution in [0, 0.1) is 0 Å². The Morgan fingerprint density at radius 1 is 1.40 bits per heavy atom. The summed E-state index contributed by atoms with van der Waals surface area (Å²) in [4.78, 5) is 29.0. The Labute approximate surface area is 115 Å². The first-order valence-electron chi connectivity index (χ1n) is 6.91. The molecule has 0 radical (unpaired) electrons. The highest BCUT2D eigenvalue weighted by atomic mass is 16.2. The lowest BCUT2D eigenvalue weighted by molar-refractivity contribution is 0.541. The average Bonchev–Trinajstić information content (AvgIpc) is 3.03. The van der Waals surface area contributed by atoms with Gasteiger partial charge in [-0.1, -0.05) is 0 Å². The molecule has 0 spiro atoms. The number of hydrogen-bond acceptors (Lipinski definition) is 4. The van der Waals surface area contributed by atoms with Gasteiger partial charge in [-0.25, -0.2) is 9.78 Å². The van der Waals surface area contributed by atoms with E-state index in [4.69, 9.17) is 0 Å². The van der Waals surface area contributed by atoms with E-state index in [1.165, 1.54) is 11.6 Å². The number of fused-ring (bicyclic) bond motifs is 1. The second-order valence-corrected chi connectivity index (χ2v) is 5.58. The Morgan fingerprint density at radius 2 is 2.15 bits per heavy atom. The van der Waals surface area contributed by atoms with Crippen LogP contribution in [0.4, 0.5) is 0 Å². The molecule has 2 aromatic heterocycles. The molecule has 3 rings (SSSR count). The van der Waals surface area contributed by atoms with Crippen molar-refractivity contribution >= 4 is 11.2 Å². The minimum Gasteiger partial charge on any atom is -0.320 e. The Balaban J connectivity index is 2.37. The predicted molar refractivity (Wildman–Crippen MR) is 76.1 cm³/mol. The molecule has 0 aliphatic carbocycles. The van der Waals surface area contributed by atoms with Crippen LogP contribution < -0.4 is 16.6 Å². The molecule has 7 heteroatoms. The van der Waals surface area contributed by atoms with Crippen LogP contribution in [-0.2, 0) is 7.05 Å². The Bertz CT molecular complexity index is 761. The fourth-order valence-electron chi connectivity index (χ4n) is 2.85. The lowest BCUT2D eigenvalue weighted by atomic mass is 10.2. The molecule has 0 bridgehead atoms. The normalized spacial score (nSPS) is 19.3. The van der Waals surface area contributed by atoms with E-state index in [2.05, 4.69) is 10.3 Å². The van der Waals surface area contributed by atoms with Crippen LogP contribution in [0.25, 0.3) is 11.2 Å². The predicted octanol–water partition coefficient (Wildman–Crippen LogP) is 0.0120. The van der Waals surface area contributed by atoms with E-state index in [9.17, 15) is 9.59 Å². The van der Waals surface area contributed by atoms with E-state index in [-0.39, 0.29) is 23.3 Å². The van der Waals surface area contributed by atoms with E-state index < -0.39 is 0 Å². The van der Waals surface area contributed by atoms with Gasteiger partial charge < -0.3 is 9.88 Å². The monoisotopic (exact) mass is 277 g/mol. The molecule has 20 heavy (non-hydrogen) atoms. The molecule has 0 amide bonds. The van der Waals surface area contributed by atoms with Gasteiger partial charge in [0.1, 0.15) is 0 Å². The topological polar surface area (TPSA) is 73.8 Å². The first-order valence-corrected chi connectivity index (χ1v) is 6.91. The van der Waals surface area contributed by atoms with Gasteiger partial charge in [-0.2, -0.15) is 0 Å². The highest BCUT2D eigenvalue weighted by Gasteiger charge is 2.23. The summed E-state index contributed by atoms with van der Waals surface area (Å²) in [7, 11) is 1.52. The number of nitrogens with zero attached hydrogens (tertiary/aromatic N) is 4. The third kappa shape index (κ3) is 1.73. The van der Waals surface area contributed by atoms with Gasteiger partial charge in [-0.05, 0) is 26.8 Å². The zero-order valence-electron chi connectivity index (χ0n) is 12.0. The van der Waals surface area contributed by atoms with E-state index in [0.717, 1.165) is 19.5 Å². The molecule has 1 fully saturated rings. The molecular formula is C13H19N5O2. The molecule has 3 heterocycles. The molecule has 2 aromatic rings. The fraction of sp³-hybridized carbons (Fsp3) is 0.615. The van der Waals surface area contributed by atoms with Crippen LogP contribution in [0.2, 0.25) is 0 Å². The van der Waals surface area contributed by atoms with Crippen molar-refractivity contribution in [3.63, 3.8) is 0 Å². The third-order valence-corrected chi connectivity index (χ3v) is 3.95. The zero-order chi connectivity index (χ0) is 14.4. The molecule has 1 N–H and O–H groups in total. The van der Waals surface area contributed by atoms with Gasteiger partial charge in [-0.15, -0.1) is 0 Å². The number of rotatable bonds is 2. The highest BCUT2D eigenvalue weighted by molar-refractivity contribution is 5.70. The van der Waals surface area contributed by atoms with Gasteiger partial charge in [0.15, 0.2) is 11.2 Å². The SMILES string of the molecule is CC(C)n1c(=O)n(C)c(=O)c2c1ncn2C1CCNC1. The first kappa shape index (κ1) is 13.1. The molecule has 1 aliphatic heterocycles. The zero-order valence-corrected chi connectivity index (χ0v) is 12.0. The molecule has 1 saturated heterocycles. The van der Waals surface area contributed by atoms with Crippen LogP contribution in [0.15, 0.2) is 15.9 Å². The standard InChI is InChI=1S/C13H19N5O2/c1-8(2)18-11-10(12(19)16(3)13(18)20)17(7-15-11)9-4-5-14-6-9/h7-9,14H,4-6H2,1-3H3. The third-order valence-electron chi connectivity index (χ3n) is 3.95. The number of hydrogen-bond donors (Lipinski definition) is 1. The Hall–Kier alpha value is -1.89. The van der Waals surface area contributed by atoms with Crippen LogP contribution in [0.1, 0.15) is 32.4 Å². The largest absolute Gasteiger partial charge is 0.332 e. The maximum Gasteiger partial charge on any atom is 0.332 e. The average molecular weight is 277 g/mol. The Kier molecular flexibility index (Phi) is 3.01. The minimum absolute atomic E-state index is 0.0400. The van der Waals surface area contributed by atoms with Gasteiger partial charge in [0.05, 0.1) is 6.33 Å². The second kappa shape index (κ2) is 4.59. The molecule has 1 unspecified atom stereocenters. The van der Waals surface area contributed by atoms with Gasteiger partial charge in [-0.3, -0.25) is 13.9 Å². The van der Waals surface area contributed by atoms with Crippen molar-refractivity contribution in [3.05, 3.63) is 27.2 Å². The minimum atomic E-state index is -0.313. The van der Waals surface area contributed by atoms with Crippen molar-refractivity contribution in [1.29, 1.82) is 0 Å². The molecule has 1 aliphatic rings. The van der Waals surface area contributed by atoms with Gasteiger partial charge in [0.25, 0.3) is 5.56 Å². The van der Waals surface area contributed by atoms with Gasteiger partial charge in [0.2, 0.25) is 0 Å². The quantitative estimate of drug-likeness (QED) is 0.839. The molecule has 7 nitrogen and oxygen atoms in total. The smallest absolute Gasteiger partial charge is 0.320 e. The summed E-state index contributed by atoms with van der Waals surface area (Å²) in [5.41, 5.74) is 0.424. The Morgan fingerprint density at radius 3 is 2.75 bits per heavy atom. The van der Waals surface area contributed by atoms with Gasteiger partial charge >= 0.3 is 5.69 Å². The summed E-state index contributed by atoms with van der Waals surface area (Å²) in [6.45, 7) is 5.60. The van der Waals surface area contributed by atoms with E-state index in [1.54, 1.807) is 10.9 Å². The molecule has 0 aromatic carbocycles. The van der Waals surface area contributed by atoms with Crippen molar-refractivity contribution in [2.75, 3.05) is 13.1 Å². The highest BCUT2D eigenvalue weighted by Crippen LogP contribution is 2.20. The lowest BCUT2D eigenvalue weighted by Crippen LogP contribution is -2.39. The number of aromatic nitrogens is 4. The van der Waals surface area contributed by atoms with Crippen LogP contribution in [-0.4, -0.2) is 31.8 Å². The first-order chi connectivity index (χ1) is 9.52. The van der Waals surface area contributed by atoms with Crippen molar-refractivity contribution in [1.82, 2.24) is 24.0 Å². The summed E-state index contributed by atoms with van der Waals surface area (Å²) < 4.78 is 4.66. The van der Waals surface area contributed by atoms with Crippen LogP contribution >= 0.6 is 0 Å². The summed E-state index contributed by atoms with van der Waals surface area (Å²) >= 11 is 0. The second-order valence-electron chi connectivity index (χ2n) is 5.58. The number of imidazole rings is 1.